The molecule has 0 saturated heterocycles. The van der Waals surface area contributed by atoms with Gasteiger partial charge in [0.05, 0.1) is 21.3 Å². The number of hydrogen-bond acceptors (Lipinski definition) is 2. The predicted octanol–water partition coefficient (Wildman–Crippen LogP) is 4.37. The Morgan fingerprint density at radius 1 is 1.50 bits per heavy atom. The first-order chi connectivity index (χ1) is 8.50. The highest BCUT2D eigenvalue weighted by molar-refractivity contribution is 9.10. The number of carbonyl (C=O) groups is 1. The summed E-state index contributed by atoms with van der Waals surface area (Å²) in [6.07, 6.45) is 0.952. The molecule has 0 saturated carbocycles. The average molecular weight is 330 g/mol. The zero-order valence-corrected chi connectivity index (χ0v) is 12.6. The Kier molecular flexibility index (Phi) is 5.18. The van der Waals surface area contributed by atoms with Crippen molar-refractivity contribution in [2.45, 2.75) is 26.7 Å². The highest BCUT2D eigenvalue weighted by atomic mass is 79.9. The van der Waals surface area contributed by atoms with Gasteiger partial charge in [0.1, 0.15) is 5.41 Å². The van der Waals surface area contributed by atoms with Crippen LogP contribution in [0.2, 0.25) is 5.02 Å². The van der Waals surface area contributed by atoms with E-state index in [-0.39, 0.29) is 5.91 Å². The lowest BCUT2D eigenvalue weighted by Gasteiger charge is -2.22. The fraction of sp³-hybridized carbons (Fsp3) is 0.385. The number of amides is 1. The van der Waals surface area contributed by atoms with Crippen LogP contribution >= 0.6 is 27.5 Å². The fourth-order valence-corrected chi connectivity index (χ4v) is 2.16. The second-order valence-electron chi connectivity index (χ2n) is 3.96. The van der Waals surface area contributed by atoms with E-state index >= 15 is 0 Å². The lowest BCUT2D eigenvalue weighted by molar-refractivity contribution is -0.123. The van der Waals surface area contributed by atoms with Gasteiger partial charge < -0.3 is 5.32 Å². The molecule has 0 aliphatic rings. The average Bonchev–Trinajstić information content (AvgIpc) is 2.38. The molecule has 0 fully saturated rings. The molecule has 0 aromatic heterocycles. The second-order valence-corrected chi connectivity index (χ2v) is 5.16. The van der Waals surface area contributed by atoms with Gasteiger partial charge in [-0.2, -0.15) is 5.26 Å². The van der Waals surface area contributed by atoms with Crippen LogP contribution < -0.4 is 5.32 Å². The fourth-order valence-electron chi connectivity index (χ4n) is 1.62. The number of halogens is 2. The molecule has 0 heterocycles. The van der Waals surface area contributed by atoms with Crippen LogP contribution in [-0.4, -0.2) is 5.91 Å². The quantitative estimate of drug-likeness (QED) is 0.891. The highest BCUT2D eigenvalue weighted by Gasteiger charge is 2.35. The van der Waals surface area contributed by atoms with Crippen molar-refractivity contribution in [3.8, 4) is 6.07 Å². The lowest BCUT2D eigenvalue weighted by Crippen LogP contribution is -2.34. The van der Waals surface area contributed by atoms with Crippen molar-refractivity contribution in [1.82, 2.24) is 0 Å². The molecule has 0 atom stereocenters. The highest BCUT2D eigenvalue weighted by Crippen LogP contribution is 2.33. The molecular weight excluding hydrogens is 316 g/mol. The molecule has 5 heteroatoms. The molecule has 96 valence electrons. The molecule has 1 aromatic carbocycles. The summed E-state index contributed by atoms with van der Waals surface area (Å²) in [4.78, 5) is 12.2. The molecule has 18 heavy (non-hydrogen) atoms. The maximum Gasteiger partial charge on any atom is 0.244 e. The number of nitrogens with one attached hydrogen (secondary N) is 1. The minimum absolute atomic E-state index is 0.294. The van der Waals surface area contributed by atoms with Crippen molar-refractivity contribution < 1.29 is 4.79 Å². The number of rotatable bonds is 4. The third-order valence-corrected chi connectivity index (χ3v) is 4.45. The summed E-state index contributed by atoms with van der Waals surface area (Å²) in [7, 11) is 0. The number of hydrogen-bond donors (Lipinski definition) is 1. The van der Waals surface area contributed by atoms with Crippen LogP contribution in [0.4, 0.5) is 5.69 Å². The van der Waals surface area contributed by atoms with E-state index in [1.54, 1.807) is 18.2 Å². The SMILES string of the molecule is CCC(C#N)(CC)C(=O)Nc1cccc(Cl)c1Br. The summed E-state index contributed by atoms with van der Waals surface area (Å²) in [6.45, 7) is 3.67. The monoisotopic (exact) mass is 328 g/mol. The van der Waals surface area contributed by atoms with Crippen LogP contribution in [0.1, 0.15) is 26.7 Å². The minimum atomic E-state index is -0.984. The Bertz CT molecular complexity index is 492. The van der Waals surface area contributed by atoms with Crippen molar-refractivity contribution in [1.29, 1.82) is 5.26 Å². The van der Waals surface area contributed by atoms with E-state index < -0.39 is 5.41 Å². The smallest absolute Gasteiger partial charge is 0.244 e. The summed E-state index contributed by atoms with van der Waals surface area (Å²) < 4.78 is 0.624. The molecule has 0 unspecified atom stereocenters. The minimum Gasteiger partial charge on any atom is -0.324 e. The van der Waals surface area contributed by atoms with Gasteiger partial charge in [-0.25, -0.2) is 0 Å². The van der Waals surface area contributed by atoms with Crippen LogP contribution in [0.3, 0.4) is 0 Å². The Morgan fingerprint density at radius 2 is 2.11 bits per heavy atom. The maximum atomic E-state index is 12.2. The van der Waals surface area contributed by atoms with Gasteiger partial charge in [0, 0.05) is 0 Å². The van der Waals surface area contributed by atoms with Gasteiger partial charge >= 0.3 is 0 Å². The van der Waals surface area contributed by atoms with Crippen molar-refractivity contribution in [3.63, 3.8) is 0 Å². The van der Waals surface area contributed by atoms with Gasteiger partial charge in [-0.3, -0.25) is 4.79 Å². The maximum absolute atomic E-state index is 12.2. The Hall–Kier alpha value is -1.05. The van der Waals surface area contributed by atoms with Crippen LogP contribution in [0.25, 0.3) is 0 Å². The molecule has 0 aliphatic heterocycles. The lowest BCUT2D eigenvalue weighted by atomic mass is 9.83. The zero-order valence-electron chi connectivity index (χ0n) is 10.3. The number of nitriles is 1. The van der Waals surface area contributed by atoms with E-state index in [2.05, 4.69) is 27.3 Å². The van der Waals surface area contributed by atoms with E-state index in [1.807, 2.05) is 13.8 Å². The third-order valence-electron chi connectivity index (χ3n) is 3.06. The van der Waals surface area contributed by atoms with Gasteiger partial charge in [0.15, 0.2) is 0 Å². The van der Waals surface area contributed by atoms with E-state index in [9.17, 15) is 10.1 Å². The first-order valence-corrected chi connectivity index (χ1v) is 6.84. The largest absolute Gasteiger partial charge is 0.324 e. The van der Waals surface area contributed by atoms with Gasteiger partial charge in [-0.05, 0) is 40.9 Å². The summed E-state index contributed by atoms with van der Waals surface area (Å²) in [5.74, 6) is -0.294. The van der Waals surface area contributed by atoms with Crippen molar-refractivity contribution in [3.05, 3.63) is 27.7 Å². The van der Waals surface area contributed by atoms with E-state index in [0.29, 0.717) is 28.0 Å². The summed E-state index contributed by atoms with van der Waals surface area (Å²) in [6, 6.07) is 7.31. The molecule has 0 radical (unpaired) electrons. The van der Waals surface area contributed by atoms with Crippen LogP contribution in [0.15, 0.2) is 22.7 Å². The van der Waals surface area contributed by atoms with Crippen molar-refractivity contribution >= 4 is 39.1 Å². The zero-order chi connectivity index (χ0) is 13.8. The van der Waals surface area contributed by atoms with Gasteiger partial charge in [-0.15, -0.1) is 0 Å². The van der Waals surface area contributed by atoms with Crippen molar-refractivity contribution in [2.24, 2.45) is 5.41 Å². The first kappa shape index (κ1) is 15.0. The molecule has 1 aromatic rings. The number of carbonyl (C=O) groups excluding carboxylic acids is 1. The van der Waals surface area contributed by atoms with E-state index in [1.165, 1.54) is 0 Å². The standard InChI is InChI=1S/C13H14BrClN2O/c1-3-13(4-2,8-16)12(18)17-10-7-5-6-9(15)11(10)14/h5-7H,3-4H2,1-2H3,(H,17,18). The predicted molar refractivity (Wildman–Crippen MR) is 76.4 cm³/mol. The van der Waals surface area contributed by atoms with Gasteiger partial charge in [0.25, 0.3) is 0 Å². The number of benzene rings is 1. The number of nitrogens with zero attached hydrogens (tertiary/aromatic N) is 1. The van der Waals surface area contributed by atoms with Gasteiger partial charge in [0.2, 0.25) is 5.91 Å². The second kappa shape index (κ2) is 6.21. The molecular formula is C13H14BrClN2O. The Balaban J connectivity index is 3.01. The summed E-state index contributed by atoms with van der Waals surface area (Å²) in [5, 5.41) is 12.5. The molecule has 1 rings (SSSR count). The van der Waals surface area contributed by atoms with E-state index in [0.717, 1.165) is 0 Å². The van der Waals surface area contributed by atoms with Crippen LogP contribution in [0.5, 0.6) is 0 Å². The Morgan fingerprint density at radius 3 is 2.61 bits per heavy atom. The topological polar surface area (TPSA) is 52.9 Å². The molecule has 1 N–H and O–H groups in total. The van der Waals surface area contributed by atoms with Gasteiger partial charge in [-0.1, -0.05) is 31.5 Å². The third kappa shape index (κ3) is 2.85. The molecule has 3 nitrogen and oxygen atoms in total. The molecule has 0 spiro atoms. The molecule has 0 aliphatic carbocycles. The normalized spacial score (nSPS) is 10.8. The first-order valence-electron chi connectivity index (χ1n) is 5.67. The van der Waals surface area contributed by atoms with Crippen LogP contribution in [-0.2, 0) is 4.79 Å². The summed E-state index contributed by atoms with van der Waals surface area (Å²) >= 11 is 9.26. The van der Waals surface area contributed by atoms with Crippen molar-refractivity contribution in [2.75, 3.05) is 5.32 Å². The molecule has 0 bridgehead atoms. The van der Waals surface area contributed by atoms with E-state index in [4.69, 9.17) is 11.6 Å². The molecule has 1 amide bonds. The number of anilines is 1. The van der Waals surface area contributed by atoms with Crippen LogP contribution in [0, 0.1) is 16.7 Å². The summed E-state index contributed by atoms with van der Waals surface area (Å²) in [5.41, 5.74) is -0.407. The Labute approximate surface area is 120 Å².